The molecule has 0 N–H and O–H groups in total. The van der Waals surface area contributed by atoms with Crippen molar-refractivity contribution in [1.82, 2.24) is 0 Å². The van der Waals surface area contributed by atoms with Crippen LogP contribution in [-0.2, 0) is 8.23 Å². The molecule has 0 bridgehead atoms. The third-order valence-electron chi connectivity index (χ3n) is 3.10. The Balaban J connectivity index is 2.19. The average molecular weight is 321 g/mol. The zero-order valence-corrected chi connectivity index (χ0v) is 17.2. The molecule has 19 heavy (non-hydrogen) atoms. The van der Waals surface area contributed by atoms with Crippen LogP contribution in [0, 0.1) is 0 Å². The summed E-state index contributed by atoms with van der Waals surface area (Å²) in [5.41, 5.74) is 0. The Morgan fingerprint density at radius 1 is 0.895 bits per heavy atom. The van der Waals surface area contributed by atoms with Gasteiger partial charge in [0, 0.05) is 0 Å². The zero-order valence-electron chi connectivity index (χ0n) is 11.5. The van der Waals surface area contributed by atoms with E-state index in [1.807, 2.05) is 0 Å². The average Bonchev–Trinajstić information content (AvgIpc) is 2.49. The Morgan fingerprint density at radius 3 is 1.79 bits per heavy atom. The summed E-state index contributed by atoms with van der Waals surface area (Å²) in [4.78, 5) is 0. The highest BCUT2D eigenvalue weighted by Gasteiger charge is 2.18. The van der Waals surface area contributed by atoms with Crippen LogP contribution in [-0.4, -0.2) is 37.4 Å². The van der Waals surface area contributed by atoms with E-state index in [1.54, 1.807) is 0 Å². The summed E-state index contributed by atoms with van der Waals surface area (Å²) in [7, 11) is -2.09. The highest BCUT2D eigenvalue weighted by molar-refractivity contribution is 7.09. The van der Waals surface area contributed by atoms with Gasteiger partial charge in [-0.25, -0.2) is 0 Å². The van der Waals surface area contributed by atoms with Crippen molar-refractivity contribution in [3.63, 3.8) is 0 Å². The van der Waals surface area contributed by atoms with Gasteiger partial charge < -0.3 is 8.23 Å². The molecule has 0 fully saturated rings. The predicted molar refractivity (Wildman–Crippen MR) is 93.0 cm³/mol. The second-order valence-corrected chi connectivity index (χ2v) is 16.3. The Hall–Kier alpha value is -0.772. The SMILES string of the molecule is C[SiH](O[SiH3])[SiH2]O[SiH](c1ccccc1)c1ccccc1. The van der Waals surface area contributed by atoms with Crippen molar-refractivity contribution in [2.24, 2.45) is 0 Å². The van der Waals surface area contributed by atoms with Crippen LogP contribution in [0.15, 0.2) is 60.7 Å². The van der Waals surface area contributed by atoms with Gasteiger partial charge >= 0.3 is 0 Å². The number of benzene rings is 2. The van der Waals surface area contributed by atoms with E-state index in [1.165, 1.54) is 10.4 Å². The number of hydrogen-bond donors (Lipinski definition) is 0. The standard InChI is InChI=1S/C13H20O2Si4/c1-18(14-16)17-15-19(12-8-4-2-5-9-12)13-10-6-3-7-11-13/h2-11,18-19H,17H2,1,16H3. The van der Waals surface area contributed by atoms with E-state index in [-0.39, 0.29) is 0 Å². The van der Waals surface area contributed by atoms with Gasteiger partial charge in [0.25, 0.3) is 0 Å². The van der Waals surface area contributed by atoms with E-state index in [9.17, 15) is 0 Å². The maximum Gasteiger partial charge on any atom is 0.228 e. The zero-order chi connectivity index (χ0) is 13.5. The lowest BCUT2D eigenvalue weighted by atomic mass is 10.4. The van der Waals surface area contributed by atoms with Gasteiger partial charge in [-0.1, -0.05) is 67.2 Å². The third-order valence-corrected chi connectivity index (χ3v) is 17.0. The molecule has 0 aliphatic rings. The van der Waals surface area contributed by atoms with Gasteiger partial charge in [0.2, 0.25) is 9.04 Å². The molecule has 0 heterocycles. The van der Waals surface area contributed by atoms with Crippen molar-refractivity contribution in [2.75, 3.05) is 0 Å². The van der Waals surface area contributed by atoms with Crippen molar-refractivity contribution in [1.29, 1.82) is 0 Å². The van der Waals surface area contributed by atoms with Crippen LogP contribution in [0.3, 0.4) is 0 Å². The highest BCUT2D eigenvalue weighted by atomic mass is 29.2. The van der Waals surface area contributed by atoms with Gasteiger partial charge in [-0.15, -0.1) is 0 Å². The monoisotopic (exact) mass is 320 g/mol. The molecule has 2 nitrogen and oxygen atoms in total. The predicted octanol–water partition coefficient (Wildman–Crippen LogP) is -1.23. The molecule has 6 heteroatoms. The van der Waals surface area contributed by atoms with Crippen LogP contribution in [0.5, 0.6) is 0 Å². The summed E-state index contributed by atoms with van der Waals surface area (Å²) in [6, 6.07) is 21.3. The second kappa shape index (κ2) is 7.73. The van der Waals surface area contributed by atoms with E-state index in [0.717, 1.165) is 10.5 Å². The first-order valence-corrected chi connectivity index (χ1v) is 14.5. The number of rotatable bonds is 6. The third kappa shape index (κ3) is 4.37. The molecular weight excluding hydrogens is 300 g/mol. The van der Waals surface area contributed by atoms with Crippen LogP contribution in [0.4, 0.5) is 0 Å². The molecule has 2 rings (SSSR count). The molecule has 0 saturated carbocycles. The van der Waals surface area contributed by atoms with Crippen LogP contribution < -0.4 is 10.4 Å². The lowest BCUT2D eigenvalue weighted by Crippen LogP contribution is -2.47. The van der Waals surface area contributed by atoms with E-state index >= 15 is 0 Å². The minimum atomic E-state index is -1.49. The smallest absolute Gasteiger partial charge is 0.228 e. The normalized spacial score (nSPS) is 13.4. The van der Waals surface area contributed by atoms with E-state index < -0.39 is 26.9 Å². The van der Waals surface area contributed by atoms with Gasteiger partial charge in [0.15, 0.2) is 17.8 Å². The summed E-state index contributed by atoms with van der Waals surface area (Å²) < 4.78 is 12.0. The minimum absolute atomic E-state index is 0.486. The molecule has 1 atom stereocenters. The Morgan fingerprint density at radius 2 is 1.37 bits per heavy atom. The molecule has 0 radical (unpaired) electrons. The summed E-state index contributed by atoms with van der Waals surface area (Å²) >= 11 is 0. The molecule has 0 spiro atoms. The first-order chi connectivity index (χ1) is 9.31. The van der Waals surface area contributed by atoms with Crippen molar-refractivity contribution in [3.05, 3.63) is 60.7 Å². The molecule has 0 saturated heterocycles. The first-order valence-electron chi connectivity index (χ1n) is 6.55. The molecule has 0 amide bonds. The summed E-state index contributed by atoms with van der Waals surface area (Å²) in [6.07, 6.45) is 0. The molecule has 0 aliphatic heterocycles. The topological polar surface area (TPSA) is 18.5 Å². The van der Waals surface area contributed by atoms with Crippen molar-refractivity contribution < 1.29 is 8.23 Å². The van der Waals surface area contributed by atoms with E-state index in [2.05, 4.69) is 67.2 Å². The van der Waals surface area contributed by atoms with Gasteiger partial charge in [0.1, 0.15) is 10.5 Å². The quantitative estimate of drug-likeness (QED) is 0.621. The molecule has 1 unspecified atom stereocenters. The lowest BCUT2D eigenvalue weighted by Gasteiger charge is -2.19. The maximum absolute atomic E-state index is 6.40. The van der Waals surface area contributed by atoms with Crippen LogP contribution in [0.1, 0.15) is 0 Å². The van der Waals surface area contributed by atoms with Gasteiger partial charge in [-0.2, -0.15) is 0 Å². The van der Waals surface area contributed by atoms with Crippen molar-refractivity contribution in [2.45, 2.75) is 6.55 Å². The van der Waals surface area contributed by atoms with Crippen LogP contribution >= 0.6 is 0 Å². The van der Waals surface area contributed by atoms with Crippen LogP contribution in [0.2, 0.25) is 6.55 Å². The largest absolute Gasteiger partial charge is 0.466 e. The lowest BCUT2D eigenvalue weighted by molar-refractivity contribution is 0.617. The Kier molecular flexibility index (Phi) is 5.95. The van der Waals surface area contributed by atoms with Gasteiger partial charge in [0.05, 0.1) is 0 Å². The number of hydrogen-bond acceptors (Lipinski definition) is 2. The van der Waals surface area contributed by atoms with Gasteiger partial charge in [-0.3, -0.25) is 0 Å². The molecule has 100 valence electrons. The van der Waals surface area contributed by atoms with Crippen LogP contribution in [0.25, 0.3) is 0 Å². The summed E-state index contributed by atoms with van der Waals surface area (Å²) in [5.74, 6) is 0. The fraction of sp³-hybridized carbons (Fsp3) is 0.0769. The van der Waals surface area contributed by atoms with Gasteiger partial charge in [-0.05, 0) is 10.4 Å². The highest BCUT2D eigenvalue weighted by Crippen LogP contribution is 1.95. The van der Waals surface area contributed by atoms with Crippen molar-refractivity contribution >= 4 is 47.7 Å². The molecule has 2 aromatic carbocycles. The molecule has 2 aromatic rings. The second-order valence-electron chi connectivity index (χ2n) is 4.58. The van der Waals surface area contributed by atoms with Crippen molar-refractivity contribution in [3.8, 4) is 0 Å². The fourth-order valence-electron chi connectivity index (χ4n) is 1.94. The minimum Gasteiger partial charge on any atom is -0.466 e. The van der Waals surface area contributed by atoms with E-state index in [4.69, 9.17) is 8.23 Å². The summed E-state index contributed by atoms with van der Waals surface area (Å²) in [6.45, 7) is 2.26. The molecule has 0 aliphatic carbocycles. The summed E-state index contributed by atoms with van der Waals surface area (Å²) in [5, 5.41) is 2.74. The van der Waals surface area contributed by atoms with E-state index in [0.29, 0.717) is 0 Å². The molecule has 0 aromatic heterocycles. The Labute approximate surface area is 123 Å². The molecular formula is C13H20O2Si4. The fourth-order valence-corrected chi connectivity index (χ4v) is 12.8. The first kappa shape index (κ1) is 14.6. The maximum atomic E-state index is 6.40. The Bertz CT molecular complexity index is 441.